The Morgan fingerprint density at radius 2 is 2.00 bits per heavy atom. The highest BCUT2D eigenvalue weighted by atomic mass is 31.1. The highest BCUT2D eigenvalue weighted by Crippen LogP contribution is 2.42. The maximum atomic E-state index is 11.6. The normalized spacial score (nSPS) is 13.8. The van der Waals surface area contributed by atoms with Crippen LogP contribution in [0.5, 0.6) is 5.75 Å². The molecule has 1 aliphatic heterocycles. The lowest BCUT2D eigenvalue weighted by Gasteiger charge is -2.08. The second-order valence-electron chi connectivity index (χ2n) is 6.34. The maximum Gasteiger partial charge on any atom is 0.237 e. The molecule has 6 nitrogen and oxygen atoms in total. The Labute approximate surface area is 163 Å². The fourth-order valence-electron chi connectivity index (χ4n) is 2.91. The summed E-state index contributed by atoms with van der Waals surface area (Å²) in [4.78, 5) is 27.2. The number of aldehydes is 1. The summed E-state index contributed by atoms with van der Waals surface area (Å²) in [7, 11) is 0.863. The summed E-state index contributed by atoms with van der Waals surface area (Å²) in [5.41, 5.74) is 8.17. The van der Waals surface area contributed by atoms with Gasteiger partial charge in [0, 0.05) is 11.1 Å². The molecule has 140 valence electrons. The second kappa shape index (κ2) is 7.79. The number of aromatic nitrogens is 2. The molecule has 0 aliphatic carbocycles. The Morgan fingerprint density at radius 3 is 2.68 bits per heavy atom. The van der Waals surface area contributed by atoms with E-state index >= 15 is 0 Å². The third-order valence-corrected chi connectivity index (χ3v) is 5.08. The van der Waals surface area contributed by atoms with Gasteiger partial charge in [-0.1, -0.05) is 20.5 Å². The van der Waals surface area contributed by atoms with E-state index in [-0.39, 0.29) is 6.54 Å². The Bertz CT molecular complexity index is 1110. The Hall–Kier alpha value is -3.24. The molecule has 2 heterocycles. The van der Waals surface area contributed by atoms with Crippen molar-refractivity contribution in [2.24, 2.45) is 5.73 Å². The molecule has 28 heavy (non-hydrogen) atoms. The smallest absolute Gasteiger partial charge is 0.237 e. The molecule has 3 aromatic rings. The number of rotatable bonds is 8. The number of hydrogen-bond donors (Lipinski definition) is 1. The van der Waals surface area contributed by atoms with Crippen molar-refractivity contribution < 1.29 is 14.3 Å². The summed E-state index contributed by atoms with van der Waals surface area (Å²) in [6.45, 7) is 0.516. The number of allylic oxidation sites excluding steroid dienone is 2. The van der Waals surface area contributed by atoms with Crippen LogP contribution in [0.15, 0.2) is 65.7 Å². The van der Waals surface area contributed by atoms with E-state index in [0.29, 0.717) is 23.5 Å². The van der Waals surface area contributed by atoms with Crippen molar-refractivity contribution in [1.82, 2.24) is 9.55 Å². The fourth-order valence-corrected chi connectivity index (χ4v) is 3.31. The van der Waals surface area contributed by atoms with E-state index in [4.69, 9.17) is 10.5 Å². The highest BCUT2D eigenvalue weighted by molar-refractivity contribution is 7.55. The van der Waals surface area contributed by atoms with Crippen molar-refractivity contribution in [2.45, 2.75) is 6.54 Å². The topological polar surface area (TPSA) is 87.2 Å². The van der Waals surface area contributed by atoms with E-state index < -0.39 is 5.91 Å². The number of hydrogen-bond acceptors (Lipinski definition) is 4. The van der Waals surface area contributed by atoms with Gasteiger partial charge >= 0.3 is 0 Å². The first kappa shape index (κ1) is 18.1. The molecular formula is C21H18N3O3P. The van der Waals surface area contributed by atoms with Crippen LogP contribution in [-0.4, -0.2) is 28.4 Å². The van der Waals surface area contributed by atoms with Gasteiger partial charge < -0.3 is 15.0 Å². The van der Waals surface area contributed by atoms with Gasteiger partial charge in [-0.15, -0.1) is 0 Å². The number of fused-ring (bicyclic) bond motifs is 1. The standard InChI is InChI=1S/C21H18N3O3P/c22-20(26)11-24-19-8-3-14(12-25)10-18(19)23-21(24)15-4-6-16(7-5-15)27-9-1-2-17-13-28-17/h1-8,10,12-13,28H,9,11H2,(H2,22,26)/b2-1-. The molecule has 0 radical (unpaired) electrons. The molecule has 2 aromatic carbocycles. The summed E-state index contributed by atoms with van der Waals surface area (Å²) in [5.74, 6) is 3.09. The minimum atomic E-state index is -0.460. The number of nitrogens with two attached hydrogens (primary N) is 1. The van der Waals surface area contributed by atoms with Gasteiger partial charge in [-0.3, -0.25) is 9.59 Å². The van der Waals surface area contributed by atoms with E-state index in [9.17, 15) is 9.59 Å². The summed E-state index contributed by atoms with van der Waals surface area (Å²) in [6, 6.07) is 12.7. The lowest BCUT2D eigenvalue weighted by Crippen LogP contribution is -2.19. The van der Waals surface area contributed by atoms with E-state index in [1.54, 1.807) is 22.8 Å². The third-order valence-electron chi connectivity index (χ3n) is 4.29. The average Bonchev–Trinajstić information content (AvgIpc) is 3.46. The lowest BCUT2D eigenvalue weighted by atomic mass is 10.2. The number of imidazole rings is 1. The number of carbonyl (C=O) groups excluding carboxylic acids is 2. The van der Waals surface area contributed by atoms with Gasteiger partial charge in [-0.2, -0.15) is 0 Å². The maximum absolute atomic E-state index is 11.6. The predicted octanol–water partition coefficient (Wildman–Crippen LogP) is 3.47. The van der Waals surface area contributed by atoms with Crippen molar-refractivity contribution in [2.75, 3.05) is 6.61 Å². The molecule has 0 saturated carbocycles. The minimum Gasteiger partial charge on any atom is -0.490 e. The van der Waals surface area contributed by atoms with Crippen LogP contribution in [0.25, 0.3) is 22.4 Å². The number of nitrogens with zero attached hydrogens (tertiary/aromatic N) is 2. The van der Waals surface area contributed by atoms with Crippen LogP contribution in [0.2, 0.25) is 0 Å². The van der Waals surface area contributed by atoms with Crippen LogP contribution in [0.1, 0.15) is 10.4 Å². The molecule has 0 bridgehead atoms. The lowest BCUT2D eigenvalue weighted by molar-refractivity contribution is -0.118. The van der Waals surface area contributed by atoms with Crippen molar-refractivity contribution in [3.8, 4) is 17.1 Å². The van der Waals surface area contributed by atoms with Gasteiger partial charge in [0.2, 0.25) is 5.91 Å². The van der Waals surface area contributed by atoms with E-state index in [2.05, 4.69) is 16.9 Å². The molecule has 0 spiro atoms. The highest BCUT2D eigenvalue weighted by Gasteiger charge is 2.15. The molecule has 7 heteroatoms. The van der Waals surface area contributed by atoms with Crippen molar-refractivity contribution in [3.05, 3.63) is 71.3 Å². The van der Waals surface area contributed by atoms with Crippen molar-refractivity contribution >= 4 is 31.8 Å². The SMILES string of the molecule is NC(=O)Cn1c(-c2ccc(OC/C=C\C3=CP3)cc2)nc2cc(C=O)ccc21. The molecule has 1 unspecified atom stereocenters. The molecule has 0 fully saturated rings. The molecule has 2 N–H and O–H groups in total. The second-order valence-corrected chi connectivity index (χ2v) is 7.49. The van der Waals surface area contributed by atoms with Crippen LogP contribution in [0.4, 0.5) is 0 Å². The zero-order valence-corrected chi connectivity index (χ0v) is 16.0. The van der Waals surface area contributed by atoms with Gasteiger partial charge in [-0.05, 0) is 53.9 Å². The zero-order valence-electron chi connectivity index (χ0n) is 15.0. The summed E-state index contributed by atoms with van der Waals surface area (Å²) in [6.07, 6.45) is 4.84. The first-order valence-electron chi connectivity index (χ1n) is 8.74. The van der Waals surface area contributed by atoms with Crippen molar-refractivity contribution in [3.63, 3.8) is 0 Å². The van der Waals surface area contributed by atoms with E-state index in [1.165, 1.54) is 5.31 Å². The average molecular weight is 391 g/mol. The van der Waals surface area contributed by atoms with Crippen LogP contribution in [0.3, 0.4) is 0 Å². The molecular weight excluding hydrogens is 373 g/mol. The van der Waals surface area contributed by atoms with Gasteiger partial charge in [0.25, 0.3) is 0 Å². The quantitative estimate of drug-likeness (QED) is 0.471. The summed E-state index contributed by atoms with van der Waals surface area (Å²) >= 11 is 0. The summed E-state index contributed by atoms with van der Waals surface area (Å²) in [5, 5.41) is 1.37. The molecule has 1 aromatic heterocycles. The molecule has 0 saturated heterocycles. The van der Waals surface area contributed by atoms with Gasteiger partial charge in [0.15, 0.2) is 0 Å². The monoisotopic (exact) mass is 391 g/mol. The molecule has 1 amide bonds. The fraction of sp³-hybridized carbons (Fsp3) is 0.0952. The largest absolute Gasteiger partial charge is 0.490 e. The summed E-state index contributed by atoms with van der Waals surface area (Å²) < 4.78 is 7.47. The Balaban J connectivity index is 1.62. The Kier molecular flexibility index (Phi) is 5.04. The minimum absolute atomic E-state index is 0.00578. The van der Waals surface area contributed by atoms with Gasteiger partial charge in [0.05, 0.1) is 11.0 Å². The number of primary amides is 1. The first-order chi connectivity index (χ1) is 13.6. The molecule has 4 rings (SSSR count). The number of ether oxygens (including phenoxy) is 1. The van der Waals surface area contributed by atoms with Gasteiger partial charge in [-0.25, -0.2) is 4.98 Å². The van der Waals surface area contributed by atoms with E-state index in [1.807, 2.05) is 30.3 Å². The van der Waals surface area contributed by atoms with Gasteiger partial charge in [0.1, 0.15) is 31.0 Å². The third kappa shape index (κ3) is 4.02. The first-order valence-corrected chi connectivity index (χ1v) is 9.82. The van der Waals surface area contributed by atoms with Crippen molar-refractivity contribution in [1.29, 1.82) is 0 Å². The number of amides is 1. The predicted molar refractivity (Wildman–Crippen MR) is 111 cm³/mol. The number of benzene rings is 2. The van der Waals surface area contributed by atoms with Crippen LogP contribution < -0.4 is 10.5 Å². The van der Waals surface area contributed by atoms with Crippen LogP contribution in [0, 0.1) is 0 Å². The van der Waals surface area contributed by atoms with Crippen LogP contribution >= 0.6 is 8.58 Å². The number of carbonyl (C=O) groups is 2. The zero-order chi connectivity index (χ0) is 19.5. The molecule has 1 atom stereocenters. The van der Waals surface area contributed by atoms with Crippen LogP contribution in [-0.2, 0) is 11.3 Å². The Morgan fingerprint density at radius 1 is 1.21 bits per heavy atom. The van der Waals surface area contributed by atoms with E-state index in [0.717, 1.165) is 31.7 Å². The molecule has 1 aliphatic rings.